The number of anilines is 2. The number of nitrogens with zero attached hydrogens (tertiary/aromatic N) is 2. The summed E-state index contributed by atoms with van der Waals surface area (Å²) in [6.07, 6.45) is 1.83. The average molecular weight is 344 g/mol. The first kappa shape index (κ1) is 16.8. The van der Waals surface area contributed by atoms with Crippen LogP contribution in [0, 0.1) is 13.8 Å². The minimum Gasteiger partial charge on any atom is -0.373 e. The predicted octanol–water partition coefficient (Wildman–Crippen LogP) is 3.73. The van der Waals surface area contributed by atoms with E-state index in [0.29, 0.717) is 11.4 Å². The highest BCUT2D eigenvalue weighted by atomic mass is 32.2. The predicted molar refractivity (Wildman–Crippen MR) is 99.4 cm³/mol. The second kappa shape index (κ2) is 6.48. The van der Waals surface area contributed by atoms with Gasteiger partial charge in [-0.25, -0.2) is 8.42 Å². The molecule has 0 N–H and O–H groups in total. The Kier molecular flexibility index (Phi) is 4.54. The minimum absolute atomic E-state index is 0.352. The van der Waals surface area contributed by atoms with Crippen LogP contribution in [-0.4, -0.2) is 28.6 Å². The maximum atomic E-state index is 13.3. The molecule has 4 nitrogen and oxygen atoms in total. The van der Waals surface area contributed by atoms with Gasteiger partial charge in [0.25, 0.3) is 10.0 Å². The van der Waals surface area contributed by atoms with E-state index in [0.717, 1.165) is 41.9 Å². The van der Waals surface area contributed by atoms with Gasteiger partial charge >= 0.3 is 0 Å². The Morgan fingerprint density at radius 2 is 1.58 bits per heavy atom. The van der Waals surface area contributed by atoms with Gasteiger partial charge in [0.15, 0.2) is 0 Å². The molecule has 5 heteroatoms. The van der Waals surface area contributed by atoms with Crippen LogP contribution < -0.4 is 9.21 Å². The molecule has 0 amide bonds. The van der Waals surface area contributed by atoms with E-state index in [1.54, 1.807) is 16.4 Å². The summed E-state index contributed by atoms with van der Waals surface area (Å²) in [5.74, 6) is 0. The molecular weight excluding hydrogens is 320 g/mol. The molecule has 0 bridgehead atoms. The van der Waals surface area contributed by atoms with Crippen molar-refractivity contribution in [3.8, 4) is 0 Å². The van der Waals surface area contributed by atoms with Gasteiger partial charge in [0.1, 0.15) is 0 Å². The Labute approximate surface area is 144 Å². The third kappa shape index (κ3) is 3.00. The van der Waals surface area contributed by atoms with E-state index in [1.807, 2.05) is 51.2 Å². The van der Waals surface area contributed by atoms with Crippen LogP contribution in [0.25, 0.3) is 0 Å². The lowest BCUT2D eigenvalue weighted by atomic mass is 10.1. The lowest BCUT2D eigenvalue weighted by Crippen LogP contribution is -2.36. The smallest absolute Gasteiger partial charge is 0.264 e. The Morgan fingerprint density at radius 3 is 2.29 bits per heavy atom. The van der Waals surface area contributed by atoms with Crippen LogP contribution in [0.2, 0.25) is 0 Å². The Balaban J connectivity index is 2.16. The molecule has 128 valence electrons. The molecule has 3 rings (SSSR count). The number of sulfonamides is 1. The first-order valence-electron chi connectivity index (χ1n) is 8.31. The summed E-state index contributed by atoms with van der Waals surface area (Å²) in [6, 6.07) is 13.1. The number of fused-ring (bicyclic) bond motifs is 1. The summed E-state index contributed by atoms with van der Waals surface area (Å²) < 4.78 is 28.2. The molecule has 0 saturated carbocycles. The van der Waals surface area contributed by atoms with Crippen molar-refractivity contribution in [1.29, 1.82) is 0 Å². The molecule has 2 aromatic rings. The first-order chi connectivity index (χ1) is 11.4. The zero-order valence-corrected chi connectivity index (χ0v) is 15.3. The summed E-state index contributed by atoms with van der Waals surface area (Å²) in [5.41, 5.74) is 3.82. The second-order valence-corrected chi connectivity index (χ2v) is 8.32. The molecule has 2 aromatic carbocycles. The third-order valence-electron chi connectivity index (χ3n) is 4.59. The van der Waals surface area contributed by atoms with E-state index in [4.69, 9.17) is 0 Å². The summed E-state index contributed by atoms with van der Waals surface area (Å²) in [5, 5.41) is 0. The number of hydrogen-bond acceptors (Lipinski definition) is 3. The van der Waals surface area contributed by atoms with Gasteiger partial charge in [-0.2, -0.15) is 0 Å². The van der Waals surface area contributed by atoms with E-state index >= 15 is 0 Å². The van der Waals surface area contributed by atoms with Gasteiger partial charge in [0.2, 0.25) is 0 Å². The van der Waals surface area contributed by atoms with Crippen LogP contribution in [0.5, 0.6) is 0 Å². The van der Waals surface area contributed by atoms with Crippen LogP contribution in [0.15, 0.2) is 47.4 Å². The van der Waals surface area contributed by atoms with Gasteiger partial charge in [-0.15, -0.1) is 0 Å². The number of hydrogen-bond donors (Lipinski definition) is 0. The summed E-state index contributed by atoms with van der Waals surface area (Å²) in [6.45, 7) is 5.39. The lowest BCUT2D eigenvalue weighted by molar-refractivity contribution is 0.586. The van der Waals surface area contributed by atoms with Crippen molar-refractivity contribution in [1.82, 2.24) is 0 Å². The molecule has 24 heavy (non-hydrogen) atoms. The molecule has 0 spiro atoms. The van der Waals surface area contributed by atoms with E-state index in [2.05, 4.69) is 4.90 Å². The Bertz CT molecular complexity index is 829. The summed E-state index contributed by atoms with van der Waals surface area (Å²) in [4.78, 5) is 2.50. The number of para-hydroxylation sites is 1. The molecule has 0 aliphatic carbocycles. The zero-order valence-electron chi connectivity index (χ0n) is 14.5. The Hall–Kier alpha value is -2.01. The molecular formula is C19H24N2O2S. The van der Waals surface area contributed by atoms with E-state index in [1.165, 1.54) is 0 Å². The molecule has 1 heterocycles. The molecule has 0 atom stereocenters. The molecule has 0 aromatic heterocycles. The van der Waals surface area contributed by atoms with Gasteiger partial charge in [-0.1, -0.05) is 29.8 Å². The fourth-order valence-corrected chi connectivity index (χ4v) is 4.77. The first-order valence-corrected chi connectivity index (χ1v) is 9.75. The average Bonchev–Trinajstić information content (AvgIpc) is 2.53. The van der Waals surface area contributed by atoms with Gasteiger partial charge in [0.05, 0.1) is 16.3 Å². The molecule has 0 unspecified atom stereocenters. The lowest BCUT2D eigenvalue weighted by Gasteiger charge is -2.34. The molecule has 1 aliphatic rings. The van der Waals surface area contributed by atoms with Gasteiger partial charge in [-0.3, -0.25) is 4.31 Å². The minimum atomic E-state index is -3.57. The van der Waals surface area contributed by atoms with E-state index in [9.17, 15) is 8.42 Å². The van der Waals surface area contributed by atoms with Crippen molar-refractivity contribution in [3.63, 3.8) is 0 Å². The van der Waals surface area contributed by atoms with Crippen molar-refractivity contribution in [2.45, 2.75) is 31.6 Å². The monoisotopic (exact) mass is 344 g/mol. The van der Waals surface area contributed by atoms with Crippen LogP contribution >= 0.6 is 0 Å². The highest BCUT2D eigenvalue weighted by Gasteiger charge is 2.29. The SMILES string of the molecule is Cc1ccc(S(=O)(=O)N2CCCCN(C)c3cccc(C)c32)cc1. The van der Waals surface area contributed by atoms with Crippen LogP contribution in [0.1, 0.15) is 24.0 Å². The standard InChI is InChI=1S/C19H24N2O2S/c1-15-9-11-17(12-10-15)24(22,23)21-14-5-4-13-20(3)18-8-6-7-16(2)19(18)21/h6-12H,4-5,13-14H2,1-3H3. The highest BCUT2D eigenvalue weighted by molar-refractivity contribution is 7.92. The molecule has 0 radical (unpaired) electrons. The van der Waals surface area contributed by atoms with Crippen LogP contribution in [0.4, 0.5) is 11.4 Å². The third-order valence-corrected chi connectivity index (χ3v) is 6.40. The number of rotatable bonds is 2. The van der Waals surface area contributed by atoms with Crippen molar-refractivity contribution >= 4 is 21.4 Å². The highest BCUT2D eigenvalue weighted by Crippen LogP contribution is 2.37. The van der Waals surface area contributed by atoms with E-state index in [-0.39, 0.29) is 0 Å². The maximum Gasteiger partial charge on any atom is 0.264 e. The summed E-state index contributed by atoms with van der Waals surface area (Å²) in [7, 11) is -1.54. The maximum absolute atomic E-state index is 13.3. The van der Waals surface area contributed by atoms with Gasteiger partial charge < -0.3 is 4.90 Å². The molecule has 0 saturated heterocycles. The van der Waals surface area contributed by atoms with Crippen molar-refractivity contribution in [2.75, 3.05) is 29.3 Å². The van der Waals surface area contributed by atoms with Crippen molar-refractivity contribution in [2.24, 2.45) is 0 Å². The van der Waals surface area contributed by atoms with Crippen LogP contribution in [-0.2, 0) is 10.0 Å². The largest absolute Gasteiger partial charge is 0.373 e. The van der Waals surface area contributed by atoms with Crippen molar-refractivity contribution < 1.29 is 8.42 Å². The molecule has 0 fully saturated rings. The number of benzene rings is 2. The van der Waals surface area contributed by atoms with Gasteiger partial charge in [0, 0.05) is 20.1 Å². The number of aryl methyl sites for hydroxylation is 2. The second-order valence-electron chi connectivity index (χ2n) is 6.46. The van der Waals surface area contributed by atoms with Crippen molar-refractivity contribution in [3.05, 3.63) is 53.6 Å². The fourth-order valence-electron chi connectivity index (χ4n) is 3.19. The fraction of sp³-hybridized carbons (Fsp3) is 0.368. The summed E-state index contributed by atoms with van der Waals surface area (Å²) >= 11 is 0. The van der Waals surface area contributed by atoms with Crippen LogP contribution in [0.3, 0.4) is 0 Å². The quantitative estimate of drug-likeness (QED) is 0.833. The van der Waals surface area contributed by atoms with Gasteiger partial charge in [-0.05, 0) is 50.5 Å². The topological polar surface area (TPSA) is 40.6 Å². The molecule has 1 aliphatic heterocycles. The normalized spacial score (nSPS) is 15.6. The Morgan fingerprint density at radius 1 is 0.917 bits per heavy atom. The zero-order chi connectivity index (χ0) is 17.3. The van der Waals surface area contributed by atoms with E-state index < -0.39 is 10.0 Å².